The fourth-order valence-electron chi connectivity index (χ4n) is 3.59. The van der Waals surface area contributed by atoms with E-state index in [4.69, 9.17) is 27.9 Å². The number of likely N-dealkylation sites (tertiary alicyclic amines) is 1. The molecule has 1 saturated heterocycles. The molecule has 32 heavy (non-hydrogen) atoms. The number of nitrogens with one attached hydrogen (secondary N) is 1. The summed E-state index contributed by atoms with van der Waals surface area (Å²) >= 11 is 12.2. The molecular formula is C25H30Cl2N2O3. The first-order valence-electron chi connectivity index (χ1n) is 11.0. The SMILES string of the molecule is CC(C)C(C)NC(=O)C1CCN(C(=O)c2ccccc2OCc2ccc(Cl)cc2Cl)CC1. The predicted molar refractivity (Wildman–Crippen MR) is 128 cm³/mol. The molecular weight excluding hydrogens is 447 g/mol. The van der Waals surface area contributed by atoms with Crippen molar-refractivity contribution in [2.75, 3.05) is 13.1 Å². The second-order valence-corrected chi connectivity index (χ2v) is 9.47. The minimum absolute atomic E-state index is 0.0567. The molecule has 5 nitrogen and oxygen atoms in total. The minimum Gasteiger partial charge on any atom is -0.488 e. The van der Waals surface area contributed by atoms with E-state index in [1.807, 2.05) is 25.1 Å². The number of nitrogens with zero attached hydrogens (tertiary/aromatic N) is 1. The van der Waals surface area contributed by atoms with Gasteiger partial charge >= 0.3 is 0 Å². The largest absolute Gasteiger partial charge is 0.488 e. The normalized spacial score (nSPS) is 15.5. The molecule has 0 radical (unpaired) electrons. The van der Waals surface area contributed by atoms with Crippen LogP contribution in [0.15, 0.2) is 42.5 Å². The van der Waals surface area contributed by atoms with Crippen LogP contribution in [0.4, 0.5) is 0 Å². The summed E-state index contributed by atoms with van der Waals surface area (Å²) < 4.78 is 5.94. The van der Waals surface area contributed by atoms with Crippen LogP contribution in [0, 0.1) is 11.8 Å². The average Bonchev–Trinajstić information content (AvgIpc) is 2.78. The molecule has 1 unspecified atom stereocenters. The molecule has 0 spiro atoms. The average molecular weight is 477 g/mol. The summed E-state index contributed by atoms with van der Waals surface area (Å²) in [5.74, 6) is 0.840. The highest BCUT2D eigenvalue weighted by Gasteiger charge is 2.29. The monoisotopic (exact) mass is 476 g/mol. The molecule has 3 rings (SSSR count). The van der Waals surface area contributed by atoms with E-state index in [2.05, 4.69) is 19.2 Å². The van der Waals surface area contributed by atoms with E-state index in [9.17, 15) is 9.59 Å². The van der Waals surface area contributed by atoms with E-state index >= 15 is 0 Å². The summed E-state index contributed by atoms with van der Waals surface area (Å²) in [6, 6.07) is 12.6. The fraction of sp³-hybridized carbons (Fsp3) is 0.440. The Kier molecular flexibility index (Phi) is 8.44. The van der Waals surface area contributed by atoms with Gasteiger partial charge in [0.05, 0.1) is 5.56 Å². The summed E-state index contributed by atoms with van der Waals surface area (Å²) in [4.78, 5) is 27.5. The molecule has 1 aliphatic rings. The van der Waals surface area contributed by atoms with Crippen molar-refractivity contribution in [1.82, 2.24) is 10.2 Å². The van der Waals surface area contributed by atoms with E-state index in [1.54, 1.807) is 29.2 Å². The summed E-state index contributed by atoms with van der Waals surface area (Å²) in [5.41, 5.74) is 1.30. The van der Waals surface area contributed by atoms with Crippen molar-refractivity contribution in [3.8, 4) is 5.75 Å². The van der Waals surface area contributed by atoms with Crippen molar-refractivity contribution in [3.05, 3.63) is 63.6 Å². The van der Waals surface area contributed by atoms with E-state index in [1.165, 1.54) is 0 Å². The number of para-hydroxylation sites is 1. The van der Waals surface area contributed by atoms with Crippen LogP contribution in [-0.2, 0) is 11.4 Å². The van der Waals surface area contributed by atoms with Crippen LogP contribution < -0.4 is 10.1 Å². The smallest absolute Gasteiger partial charge is 0.257 e. The molecule has 7 heteroatoms. The van der Waals surface area contributed by atoms with Crippen molar-refractivity contribution in [2.45, 2.75) is 46.3 Å². The molecule has 0 saturated carbocycles. The van der Waals surface area contributed by atoms with Gasteiger partial charge in [-0.25, -0.2) is 0 Å². The molecule has 0 bridgehead atoms. The van der Waals surface area contributed by atoms with Gasteiger partial charge in [0.15, 0.2) is 0 Å². The Bertz CT molecular complexity index is 956. The third-order valence-corrected chi connectivity index (χ3v) is 6.63. The zero-order valence-electron chi connectivity index (χ0n) is 18.7. The molecule has 1 N–H and O–H groups in total. The lowest BCUT2D eigenvalue weighted by Gasteiger charge is -2.32. The molecule has 0 aliphatic carbocycles. The third kappa shape index (κ3) is 6.17. The lowest BCUT2D eigenvalue weighted by atomic mass is 9.94. The van der Waals surface area contributed by atoms with E-state index in [-0.39, 0.29) is 30.4 Å². The van der Waals surface area contributed by atoms with Gasteiger partial charge in [0.25, 0.3) is 5.91 Å². The number of carbonyl (C=O) groups is 2. The van der Waals surface area contributed by atoms with E-state index < -0.39 is 0 Å². The maximum atomic E-state index is 13.2. The number of carbonyl (C=O) groups excluding carboxylic acids is 2. The number of halogens is 2. The van der Waals surface area contributed by atoms with Crippen LogP contribution in [0.2, 0.25) is 10.0 Å². The highest BCUT2D eigenvalue weighted by molar-refractivity contribution is 6.35. The van der Waals surface area contributed by atoms with Gasteiger partial charge in [-0.05, 0) is 49.9 Å². The molecule has 172 valence electrons. The number of hydrogen-bond acceptors (Lipinski definition) is 3. The fourth-order valence-corrected chi connectivity index (χ4v) is 4.05. The topological polar surface area (TPSA) is 58.6 Å². The Balaban J connectivity index is 1.61. The number of benzene rings is 2. The summed E-state index contributed by atoms with van der Waals surface area (Å²) in [6.07, 6.45) is 1.32. The van der Waals surface area contributed by atoms with Crippen LogP contribution >= 0.6 is 23.2 Å². The first kappa shape index (κ1) is 24.4. The summed E-state index contributed by atoms with van der Waals surface area (Å²) in [5, 5.41) is 4.17. The van der Waals surface area contributed by atoms with E-state index in [0.717, 1.165) is 5.56 Å². The lowest BCUT2D eigenvalue weighted by molar-refractivity contribution is -0.127. The summed E-state index contributed by atoms with van der Waals surface area (Å²) in [6.45, 7) is 7.53. The van der Waals surface area contributed by atoms with Gasteiger partial charge in [-0.3, -0.25) is 9.59 Å². The second kappa shape index (κ2) is 11.1. The predicted octanol–water partition coefficient (Wildman–Crippen LogP) is 5.59. The van der Waals surface area contributed by atoms with Crippen molar-refractivity contribution < 1.29 is 14.3 Å². The Morgan fingerprint density at radius 1 is 1.09 bits per heavy atom. The highest BCUT2D eigenvalue weighted by atomic mass is 35.5. The molecule has 1 fully saturated rings. The highest BCUT2D eigenvalue weighted by Crippen LogP contribution is 2.27. The van der Waals surface area contributed by atoms with Gasteiger partial charge in [-0.2, -0.15) is 0 Å². The maximum absolute atomic E-state index is 13.2. The van der Waals surface area contributed by atoms with Gasteiger partial charge in [-0.1, -0.05) is 55.2 Å². The van der Waals surface area contributed by atoms with Crippen LogP contribution in [0.3, 0.4) is 0 Å². The van der Waals surface area contributed by atoms with Crippen molar-refractivity contribution in [3.63, 3.8) is 0 Å². The van der Waals surface area contributed by atoms with Crippen molar-refractivity contribution >= 4 is 35.0 Å². The van der Waals surface area contributed by atoms with Crippen molar-refractivity contribution in [1.29, 1.82) is 0 Å². The summed E-state index contributed by atoms with van der Waals surface area (Å²) in [7, 11) is 0. The molecule has 2 amide bonds. The molecule has 1 aliphatic heterocycles. The number of hydrogen-bond donors (Lipinski definition) is 1. The number of piperidine rings is 1. The number of rotatable bonds is 7. The molecule has 2 aromatic rings. The zero-order chi connectivity index (χ0) is 23.3. The Morgan fingerprint density at radius 3 is 2.44 bits per heavy atom. The Labute approximate surface area is 200 Å². The standard InChI is InChI=1S/C25H30Cl2N2O3/c1-16(2)17(3)28-24(30)18-10-12-29(13-11-18)25(31)21-6-4-5-7-23(21)32-15-19-8-9-20(26)14-22(19)27/h4-9,14,16-18H,10-13,15H2,1-3H3,(H,28,30). The van der Waals surface area contributed by atoms with Gasteiger partial charge in [0.1, 0.15) is 12.4 Å². The number of amides is 2. The van der Waals surface area contributed by atoms with Crippen LogP contribution in [0.25, 0.3) is 0 Å². The first-order chi connectivity index (χ1) is 15.3. The Morgan fingerprint density at radius 2 is 1.78 bits per heavy atom. The second-order valence-electron chi connectivity index (χ2n) is 8.63. The lowest BCUT2D eigenvalue weighted by Crippen LogP contribution is -2.45. The quantitative estimate of drug-likeness (QED) is 0.566. The van der Waals surface area contributed by atoms with Crippen molar-refractivity contribution in [2.24, 2.45) is 11.8 Å². The Hall–Kier alpha value is -2.24. The first-order valence-corrected chi connectivity index (χ1v) is 11.8. The van der Waals surface area contributed by atoms with Gasteiger partial charge in [-0.15, -0.1) is 0 Å². The molecule has 1 heterocycles. The van der Waals surface area contributed by atoms with E-state index in [0.29, 0.717) is 53.2 Å². The van der Waals surface area contributed by atoms with Gasteiger partial charge < -0.3 is 15.0 Å². The van der Waals surface area contributed by atoms with Crippen LogP contribution in [0.1, 0.15) is 49.5 Å². The zero-order valence-corrected chi connectivity index (χ0v) is 20.2. The maximum Gasteiger partial charge on any atom is 0.257 e. The van der Waals surface area contributed by atoms with Gasteiger partial charge in [0, 0.05) is 40.7 Å². The molecule has 1 atom stereocenters. The molecule has 2 aromatic carbocycles. The number of ether oxygens (including phenoxy) is 1. The van der Waals surface area contributed by atoms with Crippen LogP contribution in [0.5, 0.6) is 5.75 Å². The minimum atomic E-state index is -0.0859. The third-order valence-electron chi connectivity index (χ3n) is 6.04. The van der Waals surface area contributed by atoms with Gasteiger partial charge in [0.2, 0.25) is 5.91 Å². The van der Waals surface area contributed by atoms with Crippen LogP contribution in [-0.4, -0.2) is 35.8 Å². The molecule has 0 aromatic heterocycles.